The van der Waals surface area contributed by atoms with Gasteiger partial charge in [0.05, 0.1) is 20.8 Å². The predicted molar refractivity (Wildman–Crippen MR) is 125 cm³/mol. The van der Waals surface area contributed by atoms with E-state index < -0.39 is 9.84 Å². The maximum Gasteiger partial charge on any atom is 0.206 e. The van der Waals surface area contributed by atoms with Crippen molar-refractivity contribution in [2.45, 2.75) is 74.6 Å². The van der Waals surface area contributed by atoms with Crippen LogP contribution in [-0.4, -0.2) is 23.0 Å². The number of hydrogen-bond acceptors (Lipinski definition) is 4. The summed E-state index contributed by atoms with van der Waals surface area (Å²) in [5.41, 5.74) is 1.51. The minimum absolute atomic E-state index is 0.0227. The third-order valence-electron chi connectivity index (χ3n) is 5.91. The number of sulfone groups is 1. The van der Waals surface area contributed by atoms with Crippen LogP contribution in [0.25, 0.3) is 11.0 Å². The van der Waals surface area contributed by atoms with Crippen LogP contribution >= 0.6 is 23.2 Å². The molecule has 1 saturated carbocycles. The third-order valence-corrected chi connectivity index (χ3v) is 8.03. The summed E-state index contributed by atoms with van der Waals surface area (Å²) in [7, 11) is -3.80. The molecule has 1 aliphatic rings. The van der Waals surface area contributed by atoms with Gasteiger partial charge in [-0.05, 0) is 49.1 Å². The van der Waals surface area contributed by atoms with Gasteiger partial charge >= 0.3 is 0 Å². The summed E-state index contributed by atoms with van der Waals surface area (Å²) in [6.07, 6.45) is 6.35. The fourth-order valence-electron chi connectivity index (χ4n) is 4.40. The Balaban J connectivity index is 1.80. The highest BCUT2D eigenvalue weighted by atomic mass is 35.5. The van der Waals surface area contributed by atoms with E-state index in [-0.39, 0.29) is 25.5 Å². The molecule has 0 amide bonds. The monoisotopic (exact) mass is 479 g/mol. The van der Waals surface area contributed by atoms with E-state index in [1.165, 1.54) is 44.2 Å². The van der Waals surface area contributed by atoms with Crippen molar-refractivity contribution in [2.75, 3.05) is 0 Å². The summed E-state index contributed by atoms with van der Waals surface area (Å²) < 4.78 is 28.7. The highest BCUT2D eigenvalue weighted by Crippen LogP contribution is 2.33. The van der Waals surface area contributed by atoms with Gasteiger partial charge in [0.1, 0.15) is 16.1 Å². The SMILES string of the molecule is CC(C)(C)c1nc2cc(S(=O)(=O)c3cc(Cl)nc(Cl)c3)ccc2n1CC1CCCCC1. The van der Waals surface area contributed by atoms with E-state index in [0.29, 0.717) is 11.4 Å². The van der Waals surface area contributed by atoms with Gasteiger partial charge in [-0.25, -0.2) is 18.4 Å². The second-order valence-corrected chi connectivity index (χ2v) is 12.1. The lowest BCUT2D eigenvalue weighted by atomic mass is 9.88. The van der Waals surface area contributed by atoms with Crippen LogP contribution in [0.15, 0.2) is 40.1 Å². The number of nitrogens with zero attached hydrogens (tertiary/aromatic N) is 3. The molecule has 166 valence electrons. The average Bonchev–Trinajstić information content (AvgIpc) is 3.06. The first-order chi connectivity index (χ1) is 14.6. The number of hydrogen-bond donors (Lipinski definition) is 0. The molecule has 1 aromatic carbocycles. The zero-order valence-corrected chi connectivity index (χ0v) is 20.4. The number of benzene rings is 1. The van der Waals surface area contributed by atoms with Crippen LogP contribution in [0.3, 0.4) is 0 Å². The lowest BCUT2D eigenvalue weighted by Crippen LogP contribution is -2.22. The van der Waals surface area contributed by atoms with E-state index in [4.69, 9.17) is 28.2 Å². The van der Waals surface area contributed by atoms with Gasteiger partial charge in [0.15, 0.2) is 0 Å². The van der Waals surface area contributed by atoms with E-state index in [1.807, 2.05) is 6.07 Å². The number of halogens is 2. The maximum atomic E-state index is 13.2. The molecule has 0 bridgehead atoms. The molecule has 3 aromatic rings. The Kier molecular flexibility index (Phi) is 6.10. The van der Waals surface area contributed by atoms with Crippen LogP contribution in [0.5, 0.6) is 0 Å². The summed E-state index contributed by atoms with van der Waals surface area (Å²) >= 11 is 11.9. The van der Waals surface area contributed by atoms with Crippen molar-refractivity contribution >= 4 is 44.1 Å². The molecule has 0 radical (unpaired) electrons. The van der Waals surface area contributed by atoms with Crippen LogP contribution in [-0.2, 0) is 21.8 Å². The average molecular weight is 480 g/mol. The molecule has 2 aromatic heterocycles. The van der Waals surface area contributed by atoms with E-state index >= 15 is 0 Å². The normalized spacial score (nSPS) is 16.2. The Bertz CT molecular complexity index is 1200. The van der Waals surface area contributed by atoms with Crippen molar-refractivity contribution in [2.24, 2.45) is 5.92 Å². The van der Waals surface area contributed by atoms with Crippen LogP contribution in [0.2, 0.25) is 10.3 Å². The van der Waals surface area contributed by atoms with Gasteiger partial charge in [0.25, 0.3) is 0 Å². The van der Waals surface area contributed by atoms with Crippen LogP contribution in [0.1, 0.15) is 58.7 Å². The molecule has 0 unspecified atom stereocenters. The second-order valence-electron chi connectivity index (χ2n) is 9.40. The Morgan fingerprint density at radius 3 is 2.23 bits per heavy atom. The topological polar surface area (TPSA) is 64.8 Å². The lowest BCUT2D eigenvalue weighted by Gasteiger charge is -2.26. The molecule has 0 atom stereocenters. The minimum atomic E-state index is -3.80. The van der Waals surface area contributed by atoms with Crippen molar-refractivity contribution in [3.8, 4) is 0 Å². The Morgan fingerprint density at radius 1 is 0.968 bits per heavy atom. The maximum absolute atomic E-state index is 13.2. The van der Waals surface area contributed by atoms with Crippen molar-refractivity contribution in [1.82, 2.24) is 14.5 Å². The summed E-state index contributed by atoms with van der Waals surface area (Å²) in [5.74, 6) is 1.62. The molecule has 2 heterocycles. The van der Waals surface area contributed by atoms with Gasteiger partial charge < -0.3 is 4.57 Å². The smallest absolute Gasteiger partial charge is 0.206 e. The molecule has 0 N–H and O–H groups in total. The first-order valence-electron chi connectivity index (χ1n) is 10.6. The van der Waals surface area contributed by atoms with Crippen molar-refractivity contribution < 1.29 is 8.42 Å². The van der Waals surface area contributed by atoms with E-state index in [0.717, 1.165) is 17.9 Å². The van der Waals surface area contributed by atoms with Gasteiger partial charge in [0, 0.05) is 12.0 Å². The van der Waals surface area contributed by atoms with Gasteiger partial charge in [-0.3, -0.25) is 0 Å². The van der Waals surface area contributed by atoms with Crippen molar-refractivity contribution in [3.05, 3.63) is 46.5 Å². The number of pyridine rings is 1. The van der Waals surface area contributed by atoms with Crippen molar-refractivity contribution in [3.63, 3.8) is 0 Å². The largest absolute Gasteiger partial charge is 0.327 e. The quantitative estimate of drug-likeness (QED) is 0.403. The number of aromatic nitrogens is 3. The highest BCUT2D eigenvalue weighted by molar-refractivity contribution is 7.91. The third kappa shape index (κ3) is 4.62. The molecule has 1 aliphatic carbocycles. The molecule has 1 fully saturated rings. The molecule has 8 heteroatoms. The van der Waals surface area contributed by atoms with E-state index in [2.05, 4.69) is 30.3 Å². The fraction of sp³-hybridized carbons (Fsp3) is 0.478. The summed E-state index contributed by atoms with van der Waals surface area (Å²) in [5, 5.41) is 0.0814. The zero-order chi connectivity index (χ0) is 22.4. The number of rotatable bonds is 4. The molecule has 0 aliphatic heterocycles. The second kappa shape index (κ2) is 8.38. The lowest BCUT2D eigenvalue weighted by molar-refractivity contribution is 0.313. The minimum Gasteiger partial charge on any atom is -0.327 e. The van der Waals surface area contributed by atoms with Gasteiger partial charge in [0.2, 0.25) is 9.84 Å². The summed E-state index contributed by atoms with van der Waals surface area (Å²) in [4.78, 5) is 8.92. The zero-order valence-electron chi connectivity index (χ0n) is 18.0. The van der Waals surface area contributed by atoms with Gasteiger partial charge in [-0.15, -0.1) is 0 Å². The first-order valence-corrected chi connectivity index (χ1v) is 12.9. The van der Waals surface area contributed by atoms with Gasteiger partial charge in [-0.1, -0.05) is 63.2 Å². The molecular formula is C23H27Cl2N3O2S. The highest BCUT2D eigenvalue weighted by Gasteiger charge is 2.27. The Hall–Kier alpha value is -1.63. The molecular weight excluding hydrogens is 453 g/mol. The Labute approximate surface area is 193 Å². The number of imidazole rings is 1. The predicted octanol–water partition coefficient (Wildman–Crippen LogP) is 6.45. The van der Waals surface area contributed by atoms with Crippen LogP contribution in [0, 0.1) is 5.92 Å². The molecule has 4 rings (SSSR count). The Morgan fingerprint density at radius 2 is 1.61 bits per heavy atom. The van der Waals surface area contributed by atoms with Crippen molar-refractivity contribution in [1.29, 1.82) is 0 Å². The fourth-order valence-corrected chi connectivity index (χ4v) is 6.31. The van der Waals surface area contributed by atoms with E-state index in [9.17, 15) is 8.42 Å². The first kappa shape index (κ1) is 22.6. The van der Waals surface area contributed by atoms with Crippen LogP contribution < -0.4 is 0 Å². The summed E-state index contributed by atoms with van der Waals surface area (Å²) in [6.45, 7) is 7.35. The molecule has 5 nitrogen and oxygen atoms in total. The molecule has 0 spiro atoms. The molecule has 0 saturated heterocycles. The van der Waals surface area contributed by atoms with Gasteiger partial charge in [-0.2, -0.15) is 0 Å². The number of fused-ring (bicyclic) bond motifs is 1. The summed E-state index contributed by atoms with van der Waals surface area (Å²) in [6, 6.07) is 7.80. The standard InChI is InChI=1S/C23H27Cl2N3O2S/c1-23(2,3)22-26-18-11-16(31(29,30)17-12-20(24)27-21(25)13-17)9-10-19(18)28(22)14-15-7-5-4-6-8-15/h9-13,15H,4-8,14H2,1-3H3. The van der Waals surface area contributed by atoms with E-state index in [1.54, 1.807) is 12.1 Å². The molecule has 31 heavy (non-hydrogen) atoms. The van der Waals surface area contributed by atoms with Crippen LogP contribution in [0.4, 0.5) is 0 Å².